The maximum atomic E-state index is 5.89. The third kappa shape index (κ3) is 6.30. The molecule has 0 spiro atoms. The summed E-state index contributed by atoms with van der Waals surface area (Å²) in [7, 11) is 2.11. The maximum Gasteiger partial charge on any atom is 0.229 e. The highest BCUT2D eigenvalue weighted by Crippen LogP contribution is 2.25. The molecule has 4 heterocycles. The SMILES string of the molecule is CN(CCNc1cc(Cl)ncn1)CCNc1cc(N2CCCC2)nc(N2CCCC2)n1. The van der Waals surface area contributed by atoms with Gasteiger partial charge in [0.15, 0.2) is 0 Å². The first kappa shape index (κ1) is 21.8. The number of anilines is 4. The average Bonchev–Trinajstić information content (AvgIpc) is 3.48. The normalized spacial score (nSPS) is 16.4. The molecule has 0 aliphatic carbocycles. The van der Waals surface area contributed by atoms with Gasteiger partial charge in [0.2, 0.25) is 5.95 Å². The van der Waals surface area contributed by atoms with Crippen LogP contribution in [0.15, 0.2) is 18.5 Å². The molecule has 9 nitrogen and oxygen atoms in total. The first-order chi connectivity index (χ1) is 15.2. The molecule has 4 rings (SSSR count). The van der Waals surface area contributed by atoms with Gasteiger partial charge in [0, 0.05) is 64.5 Å². The molecule has 0 unspecified atom stereocenters. The lowest BCUT2D eigenvalue weighted by Gasteiger charge is -2.22. The Labute approximate surface area is 189 Å². The largest absolute Gasteiger partial charge is 0.369 e. The molecule has 2 fully saturated rings. The molecule has 2 aliphatic heterocycles. The van der Waals surface area contributed by atoms with Crippen molar-refractivity contribution in [3.05, 3.63) is 23.6 Å². The van der Waals surface area contributed by atoms with Crippen LogP contribution in [0.5, 0.6) is 0 Å². The highest BCUT2D eigenvalue weighted by molar-refractivity contribution is 6.29. The Morgan fingerprint density at radius 1 is 0.871 bits per heavy atom. The minimum absolute atomic E-state index is 0.446. The first-order valence-electron chi connectivity index (χ1n) is 11.2. The fraction of sp³-hybridized carbons (Fsp3) is 0.619. The van der Waals surface area contributed by atoms with Crippen LogP contribution in [-0.4, -0.2) is 84.2 Å². The van der Waals surface area contributed by atoms with Crippen LogP contribution in [0.25, 0.3) is 0 Å². The van der Waals surface area contributed by atoms with E-state index in [2.05, 4.69) is 48.4 Å². The van der Waals surface area contributed by atoms with Crippen LogP contribution in [0, 0.1) is 0 Å². The van der Waals surface area contributed by atoms with Gasteiger partial charge in [-0.25, -0.2) is 9.97 Å². The predicted octanol–water partition coefficient (Wildman–Crippen LogP) is 2.58. The summed E-state index contributed by atoms with van der Waals surface area (Å²) >= 11 is 5.89. The van der Waals surface area contributed by atoms with Gasteiger partial charge >= 0.3 is 0 Å². The zero-order valence-corrected chi connectivity index (χ0v) is 19.0. The molecule has 0 amide bonds. The van der Waals surface area contributed by atoms with E-state index in [0.29, 0.717) is 5.15 Å². The molecule has 10 heteroatoms. The number of hydrogen-bond acceptors (Lipinski definition) is 9. The van der Waals surface area contributed by atoms with Gasteiger partial charge in [0.1, 0.15) is 28.9 Å². The molecule has 0 atom stereocenters. The van der Waals surface area contributed by atoms with E-state index in [0.717, 1.165) is 75.8 Å². The number of halogens is 1. The molecule has 2 aromatic rings. The topological polar surface area (TPSA) is 85.3 Å². The van der Waals surface area contributed by atoms with Gasteiger partial charge in [-0.05, 0) is 32.7 Å². The Balaban J connectivity index is 1.27. The van der Waals surface area contributed by atoms with Crippen molar-refractivity contribution in [2.24, 2.45) is 0 Å². The number of rotatable bonds is 10. The minimum atomic E-state index is 0.446. The molecule has 0 bridgehead atoms. The van der Waals surface area contributed by atoms with E-state index >= 15 is 0 Å². The lowest BCUT2D eigenvalue weighted by atomic mass is 10.4. The number of hydrogen-bond donors (Lipinski definition) is 2. The zero-order valence-electron chi connectivity index (χ0n) is 18.2. The number of nitrogens with zero attached hydrogens (tertiary/aromatic N) is 7. The van der Waals surface area contributed by atoms with Crippen molar-refractivity contribution in [1.29, 1.82) is 0 Å². The van der Waals surface area contributed by atoms with Crippen molar-refractivity contribution < 1.29 is 0 Å². The number of likely N-dealkylation sites (N-methyl/N-ethyl adjacent to an activating group) is 1. The second kappa shape index (κ2) is 10.8. The third-order valence-electron chi connectivity index (χ3n) is 5.75. The summed E-state index contributed by atoms with van der Waals surface area (Å²) in [5.41, 5.74) is 0. The Bertz CT molecular complexity index is 803. The summed E-state index contributed by atoms with van der Waals surface area (Å²) in [4.78, 5) is 24.7. The molecular weight excluding hydrogens is 414 g/mol. The van der Waals surface area contributed by atoms with E-state index in [1.807, 2.05) is 0 Å². The van der Waals surface area contributed by atoms with Crippen LogP contribution >= 0.6 is 11.6 Å². The molecular formula is C21H32ClN9. The van der Waals surface area contributed by atoms with Crippen molar-refractivity contribution in [2.75, 3.05) is 79.8 Å². The average molecular weight is 446 g/mol. The zero-order chi connectivity index (χ0) is 21.5. The fourth-order valence-electron chi connectivity index (χ4n) is 3.97. The highest BCUT2D eigenvalue weighted by atomic mass is 35.5. The van der Waals surface area contributed by atoms with E-state index in [9.17, 15) is 0 Å². The summed E-state index contributed by atoms with van der Waals surface area (Å²) in [6.45, 7) is 7.69. The smallest absolute Gasteiger partial charge is 0.229 e. The van der Waals surface area contributed by atoms with Crippen molar-refractivity contribution in [1.82, 2.24) is 24.8 Å². The summed E-state index contributed by atoms with van der Waals surface area (Å²) in [6.07, 6.45) is 6.39. The van der Waals surface area contributed by atoms with Gasteiger partial charge in [-0.1, -0.05) is 11.6 Å². The molecule has 2 N–H and O–H groups in total. The lowest BCUT2D eigenvalue weighted by Crippen LogP contribution is -2.30. The predicted molar refractivity (Wildman–Crippen MR) is 126 cm³/mol. The summed E-state index contributed by atoms with van der Waals surface area (Å²) in [5, 5.41) is 7.23. The Morgan fingerprint density at radius 3 is 2.19 bits per heavy atom. The van der Waals surface area contributed by atoms with Crippen molar-refractivity contribution >= 4 is 35.0 Å². The second-order valence-electron chi connectivity index (χ2n) is 8.18. The van der Waals surface area contributed by atoms with Gasteiger partial charge in [-0.3, -0.25) is 0 Å². The molecule has 0 saturated carbocycles. The van der Waals surface area contributed by atoms with Gasteiger partial charge < -0.3 is 25.3 Å². The highest BCUT2D eigenvalue weighted by Gasteiger charge is 2.20. The molecule has 168 valence electrons. The van der Waals surface area contributed by atoms with E-state index in [4.69, 9.17) is 21.6 Å². The third-order valence-corrected chi connectivity index (χ3v) is 5.96. The number of aromatic nitrogens is 4. The quantitative estimate of drug-likeness (QED) is 0.536. The lowest BCUT2D eigenvalue weighted by molar-refractivity contribution is 0.360. The van der Waals surface area contributed by atoms with Crippen molar-refractivity contribution in [3.8, 4) is 0 Å². The Hall–Kier alpha value is -2.39. The summed E-state index contributed by atoms with van der Waals surface area (Å²) < 4.78 is 0. The van der Waals surface area contributed by atoms with Crippen LogP contribution in [0.3, 0.4) is 0 Å². The van der Waals surface area contributed by atoms with Crippen LogP contribution in [0.4, 0.5) is 23.4 Å². The van der Waals surface area contributed by atoms with Crippen molar-refractivity contribution in [2.45, 2.75) is 25.7 Å². The number of nitrogens with one attached hydrogen (secondary N) is 2. The van der Waals surface area contributed by atoms with E-state index in [-0.39, 0.29) is 0 Å². The van der Waals surface area contributed by atoms with E-state index < -0.39 is 0 Å². The fourth-order valence-corrected chi connectivity index (χ4v) is 4.12. The van der Waals surface area contributed by atoms with Crippen LogP contribution < -0.4 is 20.4 Å². The van der Waals surface area contributed by atoms with Gasteiger partial charge in [-0.15, -0.1) is 0 Å². The van der Waals surface area contributed by atoms with Gasteiger partial charge in [0.25, 0.3) is 0 Å². The second-order valence-corrected chi connectivity index (χ2v) is 8.57. The Kier molecular flexibility index (Phi) is 7.58. The molecule has 0 aromatic carbocycles. The molecule has 2 aromatic heterocycles. The van der Waals surface area contributed by atoms with E-state index in [1.165, 1.54) is 32.0 Å². The first-order valence-corrected chi connectivity index (χ1v) is 11.6. The minimum Gasteiger partial charge on any atom is -0.369 e. The van der Waals surface area contributed by atoms with Gasteiger partial charge in [-0.2, -0.15) is 9.97 Å². The van der Waals surface area contributed by atoms with Crippen LogP contribution in [0.1, 0.15) is 25.7 Å². The monoisotopic (exact) mass is 445 g/mol. The maximum absolute atomic E-state index is 5.89. The summed E-state index contributed by atoms with van der Waals surface area (Å²) in [5.74, 6) is 3.58. The van der Waals surface area contributed by atoms with Crippen LogP contribution in [-0.2, 0) is 0 Å². The Morgan fingerprint density at radius 2 is 1.52 bits per heavy atom. The molecule has 0 radical (unpaired) electrons. The van der Waals surface area contributed by atoms with Crippen molar-refractivity contribution in [3.63, 3.8) is 0 Å². The molecule has 31 heavy (non-hydrogen) atoms. The van der Waals surface area contributed by atoms with Crippen LogP contribution in [0.2, 0.25) is 5.15 Å². The van der Waals surface area contributed by atoms with Gasteiger partial charge in [0.05, 0.1) is 0 Å². The molecule has 2 saturated heterocycles. The molecule has 2 aliphatic rings. The van der Waals surface area contributed by atoms with E-state index in [1.54, 1.807) is 6.07 Å². The standard InChI is InChI=1S/C21H32ClN9/c1-29(12-6-23-18-14-17(22)25-16-26-18)13-7-24-19-15-20(30-8-2-3-9-30)28-21(27-19)31-10-4-5-11-31/h14-16H,2-13H2,1H3,(H,23,25,26)(H,24,27,28). The summed E-state index contributed by atoms with van der Waals surface area (Å²) in [6, 6.07) is 3.83.